The molecule has 1 aliphatic heterocycles. The molecule has 0 unspecified atom stereocenters. The van der Waals surface area contributed by atoms with Gasteiger partial charge in [-0.1, -0.05) is 29.5 Å². The molecule has 0 aromatic heterocycles. The minimum absolute atomic E-state index is 0.0432. The molecule has 0 amide bonds. The average Bonchev–Trinajstić information content (AvgIpc) is 2.26. The van der Waals surface area contributed by atoms with Crippen LogP contribution in [-0.2, 0) is 9.53 Å². The van der Waals surface area contributed by atoms with Gasteiger partial charge in [-0.2, -0.15) is 0 Å². The van der Waals surface area contributed by atoms with E-state index in [-0.39, 0.29) is 18.0 Å². The summed E-state index contributed by atoms with van der Waals surface area (Å²) >= 11 is 2.39. The SMILES string of the molecule is C[C@@H]1C[C@H](I)[C@H]2C[C@H]1C(=O)O2. The van der Waals surface area contributed by atoms with Gasteiger partial charge in [0.05, 0.1) is 5.92 Å². The van der Waals surface area contributed by atoms with E-state index >= 15 is 0 Å². The molecule has 11 heavy (non-hydrogen) atoms. The topological polar surface area (TPSA) is 26.3 Å². The maximum atomic E-state index is 11.2. The number of carbonyl (C=O) groups excluding carboxylic acids is 1. The number of ether oxygens (including phenoxy) is 1. The lowest BCUT2D eigenvalue weighted by Crippen LogP contribution is -2.28. The number of rotatable bonds is 0. The Bertz CT molecular complexity index is 193. The fourth-order valence-electron chi connectivity index (χ4n) is 1.99. The summed E-state index contributed by atoms with van der Waals surface area (Å²) in [6.45, 7) is 2.15. The fraction of sp³-hybridized carbons (Fsp3) is 0.875. The lowest BCUT2D eigenvalue weighted by Gasteiger charge is -2.25. The van der Waals surface area contributed by atoms with Gasteiger partial charge in [0.25, 0.3) is 0 Å². The molecule has 4 atom stereocenters. The van der Waals surface area contributed by atoms with Crippen LogP contribution in [0.25, 0.3) is 0 Å². The monoisotopic (exact) mass is 266 g/mol. The molecule has 0 aromatic carbocycles. The van der Waals surface area contributed by atoms with Crippen LogP contribution in [0.1, 0.15) is 19.8 Å². The first kappa shape index (κ1) is 7.83. The Morgan fingerprint density at radius 1 is 1.55 bits per heavy atom. The van der Waals surface area contributed by atoms with Gasteiger partial charge in [-0.25, -0.2) is 0 Å². The van der Waals surface area contributed by atoms with Crippen molar-refractivity contribution in [3.63, 3.8) is 0 Å². The predicted molar refractivity (Wildman–Crippen MR) is 49.6 cm³/mol. The first-order valence-corrected chi connectivity index (χ1v) is 5.27. The third-order valence-corrected chi connectivity index (χ3v) is 4.05. The van der Waals surface area contributed by atoms with Gasteiger partial charge >= 0.3 is 5.97 Å². The van der Waals surface area contributed by atoms with Gasteiger partial charge in [0, 0.05) is 3.92 Å². The molecule has 1 heterocycles. The summed E-state index contributed by atoms with van der Waals surface area (Å²) < 4.78 is 5.77. The first-order chi connectivity index (χ1) is 5.18. The van der Waals surface area contributed by atoms with Crippen LogP contribution in [0.2, 0.25) is 0 Å². The third-order valence-electron chi connectivity index (χ3n) is 2.74. The van der Waals surface area contributed by atoms with E-state index in [1.54, 1.807) is 0 Å². The zero-order chi connectivity index (χ0) is 8.01. The molecule has 2 aliphatic rings. The Hall–Kier alpha value is 0.200. The van der Waals surface area contributed by atoms with E-state index < -0.39 is 0 Å². The van der Waals surface area contributed by atoms with Crippen LogP contribution < -0.4 is 0 Å². The number of fused-ring (bicyclic) bond motifs is 2. The lowest BCUT2D eigenvalue weighted by atomic mass is 9.81. The second kappa shape index (κ2) is 2.61. The van der Waals surface area contributed by atoms with Gasteiger partial charge in [0.1, 0.15) is 6.10 Å². The van der Waals surface area contributed by atoms with Crippen molar-refractivity contribution < 1.29 is 9.53 Å². The number of alkyl halides is 1. The quantitative estimate of drug-likeness (QED) is 0.379. The molecule has 2 bridgehead atoms. The van der Waals surface area contributed by atoms with Crippen molar-refractivity contribution in [3.8, 4) is 0 Å². The number of hydrogen-bond acceptors (Lipinski definition) is 2. The first-order valence-electron chi connectivity index (χ1n) is 4.03. The second-order valence-electron chi connectivity index (χ2n) is 3.55. The predicted octanol–water partition coefficient (Wildman–Crippen LogP) is 1.76. The molecule has 1 saturated carbocycles. The molecular formula is C8H11IO2. The van der Waals surface area contributed by atoms with E-state index in [4.69, 9.17) is 4.74 Å². The van der Waals surface area contributed by atoms with Crippen LogP contribution in [-0.4, -0.2) is 16.0 Å². The van der Waals surface area contributed by atoms with E-state index in [2.05, 4.69) is 29.5 Å². The Balaban J connectivity index is 2.20. The van der Waals surface area contributed by atoms with E-state index in [1.807, 2.05) is 0 Å². The maximum Gasteiger partial charge on any atom is 0.309 e. The molecule has 0 radical (unpaired) electrons. The van der Waals surface area contributed by atoms with Crippen molar-refractivity contribution in [1.82, 2.24) is 0 Å². The fourth-order valence-corrected chi connectivity index (χ4v) is 3.23. The molecule has 0 aromatic rings. The smallest absolute Gasteiger partial charge is 0.309 e. The summed E-state index contributed by atoms with van der Waals surface area (Å²) in [5.41, 5.74) is 0. The standard InChI is InChI=1S/C8H11IO2/c1-4-2-6(9)7-3-5(4)8(10)11-7/h4-7H,2-3H2,1H3/t4-,5-,6+,7-/m1/s1. The van der Waals surface area contributed by atoms with Gasteiger partial charge in [-0.05, 0) is 18.8 Å². The van der Waals surface area contributed by atoms with Gasteiger partial charge < -0.3 is 4.74 Å². The summed E-state index contributed by atoms with van der Waals surface area (Å²) in [7, 11) is 0. The van der Waals surface area contributed by atoms with Gasteiger partial charge in [-0.15, -0.1) is 0 Å². The third kappa shape index (κ3) is 1.17. The minimum atomic E-state index is 0.0432. The van der Waals surface area contributed by atoms with Crippen molar-refractivity contribution in [3.05, 3.63) is 0 Å². The molecular weight excluding hydrogens is 255 g/mol. The Kier molecular flexibility index (Phi) is 1.85. The van der Waals surface area contributed by atoms with E-state index in [0.29, 0.717) is 9.84 Å². The van der Waals surface area contributed by atoms with Crippen LogP contribution in [0.5, 0.6) is 0 Å². The molecule has 3 heteroatoms. The van der Waals surface area contributed by atoms with Gasteiger partial charge in [0.2, 0.25) is 0 Å². The highest BCUT2D eigenvalue weighted by atomic mass is 127. The van der Waals surface area contributed by atoms with Crippen molar-refractivity contribution in [2.45, 2.75) is 29.8 Å². The Labute approximate surface area is 79.8 Å². The molecule has 1 aliphatic carbocycles. The summed E-state index contributed by atoms with van der Waals surface area (Å²) in [4.78, 5) is 11.2. The lowest BCUT2D eigenvalue weighted by molar-refractivity contribution is -0.143. The molecule has 1 saturated heterocycles. The summed E-state index contributed by atoms with van der Waals surface area (Å²) in [5.74, 6) is 0.788. The van der Waals surface area contributed by atoms with E-state index in [1.165, 1.54) is 0 Å². The van der Waals surface area contributed by atoms with Crippen molar-refractivity contribution >= 4 is 28.6 Å². The van der Waals surface area contributed by atoms with Crippen LogP contribution in [0, 0.1) is 11.8 Å². The highest BCUT2D eigenvalue weighted by Gasteiger charge is 2.45. The maximum absolute atomic E-state index is 11.2. The summed E-state index contributed by atoms with van der Waals surface area (Å²) in [6, 6.07) is 0. The zero-order valence-corrected chi connectivity index (χ0v) is 8.58. The van der Waals surface area contributed by atoms with Crippen LogP contribution in [0.3, 0.4) is 0 Å². The van der Waals surface area contributed by atoms with E-state index in [9.17, 15) is 4.79 Å². The van der Waals surface area contributed by atoms with Crippen molar-refractivity contribution in [1.29, 1.82) is 0 Å². The molecule has 62 valence electrons. The largest absolute Gasteiger partial charge is 0.461 e. The molecule has 0 spiro atoms. The van der Waals surface area contributed by atoms with E-state index in [0.717, 1.165) is 12.8 Å². The number of hydrogen-bond donors (Lipinski definition) is 0. The van der Waals surface area contributed by atoms with Crippen molar-refractivity contribution in [2.75, 3.05) is 0 Å². The number of esters is 1. The number of carbonyl (C=O) groups is 1. The van der Waals surface area contributed by atoms with Crippen LogP contribution in [0.4, 0.5) is 0 Å². The highest BCUT2D eigenvalue weighted by Crippen LogP contribution is 2.41. The molecule has 2 rings (SSSR count). The highest BCUT2D eigenvalue weighted by molar-refractivity contribution is 14.1. The Morgan fingerprint density at radius 3 is 3.00 bits per heavy atom. The van der Waals surface area contributed by atoms with Crippen LogP contribution >= 0.6 is 22.6 Å². The second-order valence-corrected chi connectivity index (χ2v) is 5.15. The molecule has 2 nitrogen and oxygen atoms in total. The van der Waals surface area contributed by atoms with Crippen LogP contribution in [0.15, 0.2) is 0 Å². The normalized spacial score (nSPS) is 49.1. The molecule has 2 fully saturated rings. The molecule has 0 N–H and O–H groups in total. The minimum Gasteiger partial charge on any atom is -0.461 e. The number of halogens is 1. The zero-order valence-electron chi connectivity index (χ0n) is 6.42. The summed E-state index contributed by atoms with van der Waals surface area (Å²) in [5, 5.41) is 0. The van der Waals surface area contributed by atoms with Gasteiger partial charge in [0.15, 0.2) is 0 Å². The van der Waals surface area contributed by atoms with Gasteiger partial charge in [-0.3, -0.25) is 4.79 Å². The average molecular weight is 266 g/mol. The van der Waals surface area contributed by atoms with Crippen molar-refractivity contribution in [2.24, 2.45) is 11.8 Å². The Morgan fingerprint density at radius 2 is 2.27 bits per heavy atom. The summed E-state index contributed by atoms with van der Waals surface area (Å²) in [6.07, 6.45) is 2.33.